The summed E-state index contributed by atoms with van der Waals surface area (Å²) in [5.74, 6) is -0.297. The van der Waals surface area contributed by atoms with E-state index in [0.29, 0.717) is 37.2 Å². The van der Waals surface area contributed by atoms with Gasteiger partial charge in [0.15, 0.2) is 0 Å². The Labute approximate surface area is 169 Å². The number of anilines is 1. The van der Waals surface area contributed by atoms with E-state index in [2.05, 4.69) is 26.2 Å². The Bertz CT molecular complexity index is 1100. The average Bonchev–Trinajstić information content (AvgIpc) is 3.02. The lowest BCUT2D eigenvalue weighted by Gasteiger charge is -2.32. The number of likely N-dealkylation sites (tertiary alicyclic amines) is 1. The number of hydrogen-bond acceptors (Lipinski definition) is 2. The molecule has 2 amide bonds. The zero-order chi connectivity index (χ0) is 19.8. The molecular formula is C20H20BrFN4O2. The number of hydrogen-bond donors (Lipinski definition) is 2. The molecule has 1 aliphatic heterocycles. The molecule has 8 heteroatoms. The number of fused-ring (bicyclic) bond motifs is 1. The number of halogens is 2. The number of carbonyl (C=O) groups excluding carboxylic acids is 1. The summed E-state index contributed by atoms with van der Waals surface area (Å²) in [5, 5.41) is 2.82. The van der Waals surface area contributed by atoms with Gasteiger partial charge in [-0.3, -0.25) is 4.57 Å². The first kappa shape index (κ1) is 18.7. The predicted octanol–water partition coefficient (Wildman–Crippen LogP) is 4.41. The van der Waals surface area contributed by atoms with Crippen molar-refractivity contribution in [2.24, 2.45) is 0 Å². The van der Waals surface area contributed by atoms with Gasteiger partial charge in [0.1, 0.15) is 5.82 Å². The van der Waals surface area contributed by atoms with Gasteiger partial charge in [-0.25, -0.2) is 14.0 Å². The number of aromatic nitrogens is 2. The number of aryl methyl sites for hydroxylation is 1. The average molecular weight is 447 g/mol. The van der Waals surface area contributed by atoms with Crippen molar-refractivity contribution in [1.82, 2.24) is 14.5 Å². The molecule has 2 heterocycles. The molecule has 0 saturated carbocycles. The Morgan fingerprint density at radius 3 is 2.71 bits per heavy atom. The molecule has 28 heavy (non-hydrogen) atoms. The molecule has 0 radical (unpaired) electrons. The molecular weight excluding hydrogens is 427 g/mol. The number of urea groups is 1. The molecule has 2 N–H and O–H groups in total. The van der Waals surface area contributed by atoms with Crippen LogP contribution in [0.4, 0.5) is 14.9 Å². The number of rotatable bonds is 2. The molecule has 0 unspecified atom stereocenters. The number of amides is 2. The SMILES string of the molecule is Cc1cc(NC(=O)N2CCC(n3c(=O)[nH]c4c(Br)cccc43)CC2)ccc1F. The maximum Gasteiger partial charge on any atom is 0.326 e. The molecule has 3 aromatic rings. The van der Waals surface area contributed by atoms with E-state index in [1.165, 1.54) is 6.07 Å². The number of aromatic amines is 1. The number of nitrogens with one attached hydrogen (secondary N) is 2. The number of nitrogens with zero attached hydrogens (tertiary/aromatic N) is 2. The third-order valence-corrected chi connectivity index (χ3v) is 5.89. The molecule has 6 nitrogen and oxygen atoms in total. The van der Waals surface area contributed by atoms with E-state index in [1.54, 1.807) is 28.5 Å². The topological polar surface area (TPSA) is 70.1 Å². The summed E-state index contributed by atoms with van der Waals surface area (Å²) >= 11 is 3.47. The van der Waals surface area contributed by atoms with E-state index in [-0.39, 0.29) is 23.6 Å². The second-order valence-corrected chi connectivity index (χ2v) is 7.90. The highest BCUT2D eigenvalue weighted by molar-refractivity contribution is 9.10. The first-order chi connectivity index (χ1) is 13.4. The normalized spacial score (nSPS) is 15.2. The lowest BCUT2D eigenvalue weighted by molar-refractivity contribution is 0.184. The molecule has 1 aliphatic rings. The number of H-pyrrole nitrogens is 1. The Kier molecular flexibility index (Phi) is 4.97. The maximum absolute atomic E-state index is 13.4. The summed E-state index contributed by atoms with van der Waals surface area (Å²) in [6.07, 6.45) is 1.38. The van der Waals surface area contributed by atoms with Crippen LogP contribution >= 0.6 is 15.9 Å². The third-order valence-electron chi connectivity index (χ3n) is 5.23. The van der Waals surface area contributed by atoms with Crippen LogP contribution in [-0.4, -0.2) is 33.6 Å². The molecule has 1 saturated heterocycles. The second-order valence-electron chi connectivity index (χ2n) is 7.05. The Hall–Kier alpha value is -2.61. The maximum atomic E-state index is 13.4. The minimum atomic E-state index is -0.297. The van der Waals surface area contributed by atoms with Crippen molar-refractivity contribution in [1.29, 1.82) is 0 Å². The third kappa shape index (κ3) is 3.44. The van der Waals surface area contributed by atoms with Crippen molar-refractivity contribution < 1.29 is 9.18 Å². The summed E-state index contributed by atoms with van der Waals surface area (Å²) in [4.78, 5) is 29.6. The summed E-state index contributed by atoms with van der Waals surface area (Å²) in [6.45, 7) is 2.75. The smallest absolute Gasteiger partial charge is 0.324 e. The van der Waals surface area contributed by atoms with Crippen LogP contribution in [0, 0.1) is 12.7 Å². The Morgan fingerprint density at radius 1 is 1.25 bits per heavy atom. The second kappa shape index (κ2) is 7.43. The van der Waals surface area contributed by atoms with Crippen LogP contribution in [0.25, 0.3) is 11.0 Å². The Balaban J connectivity index is 1.45. The van der Waals surface area contributed by atoms with Gasteiger partial charge >= 0.3 is 11.7 Å². The van der Waals surface area contributed by atoms with Crippen molar-refractivity contribution in [2.45, 2.75) is 25.8 Å². The van der Waals surface area contributed by atoms with Crippen LogP contribution in [-0.2, 0) is 0 Å². The van der Waals surface area contributed by atoms with E-state index < -0.39 is 0 Å². The molecule has 1 fully saturated rings. The zero-order valence-corrected chi connectivity index (χ0v) is 16.9. The summed E-state index contributed by atoms with van der Waals surface area (Å²) < 4.78 is 16.0. The van der Waals surface area contributed by atoms with E-state index >= 15 is 0 Å². The standard InChI is InChI=1S/C20H20BrFN4O2/c1-12-11-13(5-6-16(12)22)23-19(27)25-9-7-14(8-10-25)26-17-4-2-3-15(21)18(17)24-20(26)28/h2-6,11,14H,7-10H2,1H3,(H,23,27)(H,24,28). The lowest BCUT2D eigenvalue weighted by atomic mass is 10.0. The molecule has 4 rings (SSSR count). The number of para-hydroxylation sites is 1. The van der Waals surface area contributed by atoms with E-state index in [4.69, 9.17) is 0 Å². The highest BCUT2D eigenvalue weighted by Gasteiger charge is 2.26. The predicted molar refractivity (Wildman–Crippen MR) is 110 cm³/mol. The van der Waals surface area contributed by atoms with E-state index in [0.717, 1.165) is 15.5 Å². The van der Waals surface area contributed by atoms with Gasteiger partial charge in [0.2, 0.25) is 0 Å². The van der Waals surface area contributed by atoms with Gasteiger partial charge in [-0.15, -0.1) is 0 Å². The van der Waals surface area contributed by atoms with E-state index in [9.17, 15) is 14.0 Å². The molecule has 146 valence electrons. The first-order valence-corrected chi connectivity index (χ1v) is 9.94. The van der Waals surface area contributed by atoms with Gasteiger partial charge in [0, 0.05) is 29.3 Å². The molecule has 0 bridgehead atoms. The van der Waals surface area contributed by atoms with E-state index in [1.807, 2.05) is 18.2 Å². The van der Waals surface area contributed by atoms with Gasteiger partial charge in [-0.2, -0.15) is 0 Å². The van der Waals surface area contributed by atoms with Gasteiger partial charge < -0.3 is 15.2 Å². The molecule has 2 aromatic carbocycles. The number of carbonyl (C=O) groups is 1. The first-order valence-electron chi connectivity index (χ1n) is 9.15. The minimum absolute atomic E-state index is 0.0349. The highest BCUT2D eigenvalue weighted by atomic mass is 79.9. The summed E-state index contributed by atoms with van der Waals surface area (Å²) in [7, 11) is 0. The van der Waals surface area contributed by atoms with Crippen molar-refractivity contribution >= 4 is 38.7 Å². The quantitative estimate of drug-likeness (QED) is 0.611. The van der Waals surface area contributed by atoms with Crippen LogP contribution in [0.5, 0.6) is 0 Å². The number of imidazole rings is 1. The molecule has 0 spiro atoms. The molecule has 1 aromatic heterocycles. The van der Waals surface area contributed by atoms with Crippen molar-refractivity contribution in [3.63, 3.8) is 0 Å². The van der Waals surface area contributed by atoms with Crippen LogP contribution in [0.15, 0.2) is 45.7 Å². The van der Waals surface area contributed by atoms with Crippen LogP contribution in [0.3, 0.4) is 0 Å². The monoisotopic (exact) mass is 446 g/mol. The van der Waals surface area contributed by atoms with Gasteiger partial charge in [0.25, 0.3) is 0 Å². The number of benzene rings is 2. The van der Waals surface area contributed by atoms with Crippen molar-refractivity contribution in [3.8, 4) is 0 Å². The van der Waals surface area contributed by atoms with Gasteiger partial charge in [0.05, 0.1) is 11.0 Å². The zero-order valence-electron chi connectivity index (χ0n) is 15.3. The summed E-state index contributed by atoms with van der Waals surface area (Å²) in [6, 6.07) is 10.1. The van der Waals surface area contributed by atoms with Crippen molar-refractivity contribution in [2.75, 3.05) is 18.4 Å². The fourth-order valence-corrected chi connectivity index (χ4v) is 4.18. The molecule has 0 atom stereocenters. The fourth-order valence-electron chi connectivity index (χ4n) is 3.73. The minimum Gasteiger partial charge on any atom is -0.324 e. The largest absolute Gasteiger partial charge is 0.326 e. The van der Waals surface area contributed by atoms with Crippen LogP contribution < -0.4 is 11.0 Å². The van der Waals surface area contributed by atoms with Crippen LogP contribution in [0.2, 0.25) is 0 Å². The fraction of sp³-hybridized carbons (Fsp3) is 0.300. The highest BCUT2D eigenvalue weighted by Crippen LogP contribution is 2.28. The Morgan fingerprint density at radius 2 is 2.00 bits per heavy atom. The summed E-state index contributed by atoms with van der Waals surface area (Å²) in [5.41, 5.74) is 2.58. The van der Waals surface area contributed by atoms with Gasteiger partial charge in [-0.05, 0) is 71.6 Å². The van der Waals surface area contributed by atoms with Gasteiger partial charge in [-0.1, -0.05) is 6.07 Å². The van der Waals surface area contributed by atoms with Crippen molar-refractivity contribution in [3.05, 3.63) is 62.7 Å². The van der Waals surface area contributed by atoms with Crippen LogP contribution in [0.1, 0.15) is 24.4 Å². The number of piperidine rings is 1. The molecule has 0 aliphatic carbocycles. The lowest BCUT2D eigenvalue weighted by Crippen LogP contribution is -2.42.